The van der Waals surface area contributed by atoms with Crippen molar-refractivity contribution in [1.82, 2.24) is 20.1 Å². The number of nitrogens with zero attached hydrogens (tertiary/aromatic N) is 3. The molecular weight excluding hydrogens is 370 g/mol. The average molecular weight is 391 g/mol. The number of likely N-dealkylation sites (tertiary alicyclic amines) is 1. The molecule has 8 nitrogen and oxygen atoms in total. The van der Waals surface area contributed by atoms with Gasteiger partial charge >= 0.3 is 11.8 Å². The smallest absolute Gasteiger partial charge is 0.313 e. The molecular formula is C21H21N5O3. The summed E-state index contributed by atoms with van der Waals surface area (Å²) in [5, 5.41) is 9.37. The minimum atomic E-state index is -0.653. The molecule has 1 saturated heterocycles. The summed E-state index contributed by atoms with van der Waals surface area (Å²) in [5.74, 6) is 0.991. The molecule has 1 aliphatic heterocycles. The summed E-state index contributed by atoms with van der Waals surface area (Å²) < 4.78 is 5.73. The molecule has 0 unspecified atom stereocenters. The lowest BCUT2D eigenvalue weighted by molar-refractivity contribution is -0.144. The van der Waals surface area contributed by atoms with Gasteiger partial charge < -0.3 is 15.0 Å². The summed E-state index contributed by atoms with van der Waals surface area (Å²) in [6, 6.07) is 16.3. The molecule has 8 heteroatoms. The highest BCUT2D eigenvalue weighted by atomic mass is 16.5. The fraction of sp³-hybridized carbons (Fsp3) is 0.238. The zero-order valence-corrected chi connectivity index (χ0v) is 15.7. The standard InChI is InChI=1S/C21H21N5O3/c27-20(21(28)26-12-4-5-15(13-26)19-22-14-23-25-19)24-16-8-10-18(11-9-16)29-17-6-2-1-3-7-17/h1-3,6-11,14-15H,4-5,12-13H2,(H,24,27)(H,22,23,25)/t15-/m1/s1. The molecule has 1 aliphatic rings. The molecule has 4 rings (SSSR count). The van der Waals surface area contributed by atoms with Crippen molar-refractivity contribution in [3.05, 3.63) is 66.7 Å². The van der Waals surface area contributed by atoms with E-state index >= 15 is 0 Å². The normalized spacial score (nSPS) is 16.3. The van der Waals surface area contributed by atoms with E-state index in [9.17, 15) is 9.59 Å². The number of para-hydroxylation sites is 1. The zero-order chi connectivity index (χ0) is 20.1. The Balaban J connectivity index is 1.34. The molecule has 1 atom stereocenters. The highest BCUT2D eigenvalue weighted by Gasteiger charge is 2.29. The molecule has 29 heavy (non-hydrogen) atoms. The molecule has 2 N–H and O–H groups in total. The second kappa shape index (κ2) is 8.55. The van der Waals surface area contributed by atoms with Crippen LogP contribution in [0.2, 0.25) is 0 Å². The Kier molecular flexibility index (Phi) is 5.51. The number of nitrogens with one attached hydrogen (secondary N) is 2. The Bertz CT molecular complexity index is 958. The minimum absolute atomic E-state index is 0.0671. The van der Waals surface area contributed by atoms with Crippen molar-refractivity contribution in [1.29, 1.82) is 0 Å². The first-order valence-corrected chi connectivity index (χ1v) is 9.47. The number of carbonyl (C=O) groups is 2. The predicted octanol–water partition coefficient (Wildman–Crippen LogP) is 2.94. The number of aromatic nitrogens is 3. The van der Waals surface area contributed by atoms with E-state index in [4.69, 9.17) is 4.74 Å². The molecule has 0 saturated carbocycles. The highest BCUT2D eigenvalue weighted by molar-refractivity contribution is 6.39. The van der Waals surface area contributed by atoms with Gasteiger partial charge in [-0.05, 0) is 49.2 Å². The van der Waals surface area contributed by atoms with Crippen molar-refractivity contribution < 1.29 is 14.3 Å². The van der Waals surface area contributed by atoms with Crippen LogP contribution in [-0.4, -0.2) is 45.0 Å². The van der Waals surface area contributed by atoms with E-state index in [2.05, 4.69) is 20.5 Å². The van der Waals surface area contributed by atoms with Gasteiger partial charge in [-0.2, -0.15) is 5.10 Å². The lowest BCUT2D eigenvalue weighted by Crippen LogP contribution is -2.44. The third kappa shape index (κ3) is 4.60. The Morgan fingerprint density at radius 1 is 1.07 bits per heavy atom. The second-order valence-electron chi connectivity index (χ2n) is 6.85. The van der Waals surface area contributed by atoms with Crippen molar-refractivity contribution >= 4 is 17.5 Å². The van der Waals surface area contributed by atoms with Crippen LogP contribution in [0.5, 0.6) is 11.5 Å². The van der Waals surface area contributed by atoms with Crippen LogP contribution in [0.4, 0.5) is 5.69 Å². The van der Waals surface area contributed by atoms with Gasteiger partial charge in [-0.15, -0.1) is 0 Å². The SMILES string of the molecule is O=C(Nc1ccc(Oc2ccccc2)cc1)C(=O)N1CCC[C@@H](c2ncn[nH]2)C1. The number of ether oxygens (including phenoxy) is 1. The van der Waals surface area contributed by atoms with Crippen LogP contribution in [0.25, 0.3) is 0 Å². The molecule has 0 bridgehead atoms. The number of carbonyl (C=O) groups excluding carboxylic acids is 2. The summed E-state index contributed by atoms with van der Waals surface area (Å²) in [6.45, 7) is 1.01. The number of aromatic amines is 1. The second-order valence-corrected chi connectivity index (χ2v) is 6.85. The first-order chi connectivity index (χ1) is 14.2. The Hall–Kier alpha value is -3.68. The van der Waals surface area contributed by atoms with Crippen molar-refractivity contribution in [2.75, 3.05) is 18.4 Å². The molecule has 1 aromatic heterocycles. The first-order valence-electron chi connectivity index (χ1n) is 9.47. The summed E-state index contributed by atoms with van der Waals surface area (Å²) in [7, 11) is 0. The monoisotopic (exact) mass is 391 g/mol. The number of hydrogen-bond donors (Lipinski definition) is 2. The van der Waals surface area contributed by atoms with Crippen molar-refractivity contribution in [2.45, 2.75) is 18.8 Å². The fourth-order valence-corrected chi connectivity index (χ4v) is 3.36. The van der Waals surface area contributed by atoms with Crippen LogP contribution in [0.3, 0.4) is 0 Å². The van der Waals surface area contributed by atoms with E-state index in [-0.39, 0.29) is 5.92 Å². The maximum Gasteiger partial charge on any atom is 0.313 e. The largest absolute Gasteiger partial charge is 0.457 e. The van der Waals surface area contributed by atoms with Crippen LogP contribution < -0.4 is 10.1 Å². The van der Waals surface area contributed by atoms with Gasteiger partial charge in [0.2, 0.25) is 0 Å². The summed E-state index contributed by atoms with van der Waals surface area (Å²) in [4.78, 5) is 30.7. The number of hydrogen-bond acceptors (Lipinski definition) is 5. The van der Waals surface area contributed by atoms with Gasteiger partial charge in [0.1, 0.15) is 23.7 Å². The number of piperidine rings is 1. The van der Waals surface area contributed by atoms with E-state index in [0.29, 0.717) is 24.5 Å². The molecule has 3 aromatic rings. The predicted molar refractivity (Wildman–Crippen MR) is 107 cm³/mol. The average Bonchev–Trinajstić information content (AvgIpc) is 3.30. The Labute approximate surface area is 167 Å². The van der Waals surface area contributed by atoms with E-state index in [1.165, 1.54) is 6.33 Å². The fourth-order valence-electron chi connectivity index (χ4n) is 3.36. The first kappa shape index (κ1) is 18.7. The molecule has 148 valence electrons. The van der Waals surface area contributed by atoms with Crippen LogP contribution in [0.15, 0.2) is 60.9 Å². The summed E-state index contributed by atoms with van der Waals surface area (Å²) in [6.07, 6.45) is 3.17. The zero-order valence-electron chi connectivity index (χ0n) is 15.7. The highest BCUT2D eigenvalue weighted by Crippen LogP contribution is 2.25. The minimum Gasteiger partial charge on any atom is -0.457 e. The maximum atomic E-state index is 12.6. The van der Waals surface area contributed by atoms with Crippen molar-refractivity contribution in [2.24, 2.45) is 0 Å². The molecule has 2 heterocycles. The van der Waals surface area contributed by atoms with Gasteiger partial charge in [0, 0.05) is 24.7 Å². The van der Waals surface area contributed by atoms with Gasteiger partial charge in [-0.25, -0.2) is 4.98 Å². The Morgan fingerprint density at radius 2 is 1.83 bits per heavy atom. The van der Waals surface area contributed by atoms with Crippen LogP contribution in [-0.2, 0) is 9.59 Å². The molecule has 0 radical (unpaired) electrons. The van der Waals surface area contributed by atoms with E-state index in [1.807, 2.05) is 30.3 Å². The van der Waals surface area contributed by atoms with Gasteiger partial charge in [-0.3, -0.25) is 14.7 Å². The van der Waals surface area contributed by atoms with Crippen molar-refractivity contribution in [3.63, 3.8) is 0 Å². The molecule has 2 aromatic carbocycles. The molecule has 2 amide bonds. The number of anilines is 1. The van der Waals surface area contributed by atoms with Gasteiger partial charge in [0.15, 0.2) is 0 Å². The lowest BCUT2D eigenvalue weighted by atomic mass is 9.97. The van der Waals surface area contributed by atoms with E-state index < -0.39 is 11.8 Å². The number of benzene rings is 2. The van der Waals surface area contributed by atoms with Gasteiger partial charge in [0.05, 0.1) is 0 Å². The van der Waals surface area contributed by atoms with Crippen molar-refractivity contribution in [3.8, 4) is 11.5 Å². The third-order valence-electron chi connectivity index (χ3n) is 4.81. The maximum absolute atomic E-state index is 12.6. The molecule has 0 aliphatic carbocycles. The lowest BCUT2D eigenvalue weighted by Gasteiger charge is -2.31. The number of rotatable bonds is 4. The summed E-state index contributed by atoms with van der Waals surface area (Å²) >= 11 is 0. The van der Waals surface area contributed by atoms with Gasteiger partial charge in [0.25, 0.3) is 0 Å². The number of amides is 2. The topological polar surface area (TPSA) is 100 Å². The number of H-pyrrole nitrogens is 1. The van der Waals surface area contributed by atoms with Crippen LogP contribution >= 0.6 is 0 Å². The molecule has 0 spiro atoms. The van der Waals surface area contributed by atoms with E-state index in [1.54, 1.807) is 29.2 Å². The summed E-state index contributed by atoms with van der Waals surface area (Å²) in [5.41, 5.74) is 0.535. The van der Waals surface area contributed by atoms with Crippen LogP contribution in [0.1, 0.15) is 24.6 Å². The molecule has 1 fully saturated rings. The van der Waals surface area contributed by atoms with E-state index in [0.717, 1.165) is 24.4 Å². The van der Waals surface area contributed by atoms with Crippen LogP contribution in [0, 0.1) is 0 Å². The van der Waals surface area contributed by atoms with Gasteiger partial charge in [-0.1, -0.05) is 18.2 Å². The third-order valence-corrected chi connectivity index (χ3v) is 4.81. The Morgan fingerprint density at radius 3 is 2.55 bits per heavy atom. The quantitative estimate of drug-likeness (QED) is 0.666.